The molecule has 0 spiro atoms. The highest BCUT2D eigenvalue weighted by atomic mass is 35.5. The molecule has 4 heteroatoms. The maximum Gasteiger partial charge on any atom is 0.188 e. The lowest BCUT2D eigenvalue weighted by Gasteiger charge is -2.08. The topological polar surface area (TPSA) is 25.8 Å². The van der Waals surface area contributed by atoms with E-state index in [-0.39, 0.29) is 0 Å². The smallest absolute Gasteiger partial charge is 0.188 e. The Hall–Kier alpha value is -0.280. The molecular formula is C10H15ClN2S. The fourth-order valence-electron chi connectivity index (χ4n) is 1.14. The molecule has 2 nitrogen and oxygen atoms in total. The fourth-order valence-corrected chi connectivity index (χ4v) is 2.58. The van der Waals surface area contributed by atoms with Crippen molar-refractivity contribution in [3.8, 4) is 0 Å². The number of aromatic nitrogens is 2. The van der Waals surface area contributed by atoms with Crippen molar-refractivity contribution in [2.24, 2.45) is 0 Å². The van der Waals surface area contributed by atoms with Gasteiger partial charge in [0.1, 0.15) is 0 Å². The summed E-state index contributed by atoms with van der Waals surface area (Å²) in [5.74, 6) is 0.693. The molecule has 1 atom stereocenters. The van der Waals surface area contributed by atoms with Gasteiger partial charge in [0.15, 0.2) is 5.16 Å². The lowest BCUT2D eigenvalue weighted by atomic mass is 10.4. The van der Waals surface area contributed by atoms with Gasteiger partial charge in [0, 0.05) is 22.5 Å². The number of hydrogen-bond donors (Lipinski definition) is 0. The minimum atomic E-state index is 0.480. The van der Waals surface area contributed by atoms with Gasteiger partial charge in [0.25, 0.3) is 0 Å². The largest absolute Gasteiger partial charge is 0.228 e. The average molecular weight is 231 g/mol. The zero-order valence-electron chi connectivity index (χ0n) is 8.75. The molecule has 0 saturated heterocycles. The van der Waals surface area contributed by atoms with Crippen molar-refractivity contribution in [2.75, 3.05) is 5.88 Å². The van der Waals surface area contributed by atoms with E-state index in [1.807, 2.05) is 19.9 Å². The second kappa shape index (κ2) is 5.56. The Morgan fingerprint density at radius 3 is 2.43 bits per heavy atom. The van der Waals surface area contributed by atoms with Crippen LogP contribution in [0.25, 0.3) is 0 Å². The predicted molar refractivity (Wildman–Crippen MR) is 62.2 cm³/mol. The Morgan fingerprint density at radius 1 is 1.36 bits per heavy atom. The summed E-state index contributed by atoms with van der Waals surface area (Å²) in [5.41, 5.74) is 2.05. The SMILES string of the molecule is Cc1cc(C)nc(SC(C)CCCl)n1. The number of nitrogens with zero attached hydrogens (tertiary/aromatic N) is 2. The standard InChI is InChI=1S/C10H15ClN2S/c1-7-6-8(2)13-10(12-7)14-9(3)4-5-11/h6,9H,4-5H2,1-3H3. The van der Waals surface area contributed by atoms with Crippen LogP contribution in [0, 0.1) is 13.8 Å². The van der Waals surface area contributed by atoms with Crippen LogP contribution in [0.5, 0.6) is 0 Å². The summed E-state index contributed by atoms with van der Waals surface area (Å²) in [6.45, 7) is 6.13. The first-order chi connectivity index (χ1) is 6.61. The second-order valence-corrected chi connectivity index (χ2v) is 5.12. The molecule has 1 aromatic heterocycles. The van der Waals surface area contributed by atoms with Crippen molar-refractivity contribution in [3.05, 3.63) is 17.5 Å². The van der Waals surface area contributed by atoms with E-state index in [4.69, 9.17) is 11.6 Å². The summed E-state index contributed by atoms with van der Waals surface area (Å²) >= 11 is 7.36. The Balaban J connectivity index is 2.66. The first-order valence-corrected chi connectivity index (χ1v) is 6.08. The quantitative estimate of drug-likeness (QED) is 0.451. The summed E-state index contributed by atoms with van der Waals surface area (Å²) in [7, 11) is 0. The van der Waals surface area contributed by atoms with Crippen molar-refractivity contribution in [2.45, 2.75) is 37.6 Å². The number of aryl methyl sites for hydroxylation is 2. The number of alkyl halides is 1. The molecule has 0 saturated carbocycles. The molecule has 0 radical (unpaired) electrons. The molecule has 1 heterocycles. The molecule has 0 aliphatic rings. The van der Waals surface area contributed by atoms with Crippen LogP contribution >= 0.6 is 23.4 Å². The molecule has 0 bridgehead atoms. The van der Waals surface area contributed by atoms with Gasteiger partial charge in [0.05, 0.1) is 0 Å². The Kier molecular flexibility index (Phi) is 4.69. The predicted octanol–water partition coefficient (Wildman–Crippen LogP) is 3.20. The third-order valence-corrected chi connectivity index (χ3v) is 3.03. The van der Waals surface area contributed by atoms with Crippen LogP contribution < -0.4 is 0 Å². The average Bonchev–Trinajstić information content (AvgIpc) is 2.01. The maximum atomic E-state index is 5.67. The Labute approximate surface area is 94.5 Å². The summed E-state index contributed by atoms with van der Waals surface area (Å²) in [4.78, 5) is 8.73. The van der Waals surface area contributed by atoms with Gasteiger partial charge in [-0.25, -0.2) is 9.97 Å². The summed E-state index contributed by atoms with van der Waals surface area (Å²) in [6, 6.07) is 1.98. The second-order valence-electron chi connectivity index (χ2n) is 3.34. The van der Waals surface area contributed by atoms with E-state index < -0.39 is 0 Å². The van der Waals surface area contributed by atoms with E-state index in [9.17, 15) is 0 Å². The summed E-state index contributed by atoms with van der Waals surface area (Å²) in [6.07, 6.45) is 0.989. The normalized spacial score (nSPS) is 12.9. The van der Waals surface area contributed by atoms with E-state index in [0.29, 0.717) is 11.1 Å². The molecule has 0 aliphatic carbocycles. The number of rotatable bonds is 4. The van der Waals surface area contributed by atoms with Crippen LogP contribution in [-0.4, -0.2) is 21.1 Å². The number of hydrogen-bond acceptors (Lipinski definition) is 3. The van der Waals surface area contributed by atoms with E-state index in [1.165, 1.54) is 0 Å². The van der Waals surface area contributed by atoms with Crippen molar-refractivity contribution in [1.82, 2.24) is 9.97 Å². The molecule has 1 unspecified atom stereocenters. The lowest BCUT2D eigenvalue weighted by Crippen LogP contribution is -2.00. The summed E-state index contributed by atoms with van der Waals surface area (Å²) < 4.78 is 0. The van der Waals surface area contributed by atoms with Crippen molar-refractivity contribution < 1.29 is 0 Å². The van der Waals surface area contributed by atoms with E-state index >= 15 is 0 Å². The van der Waals surface area contributed by atoms with Gasteiger partial charge in [-0.1, -0.05) is 18.7 Å². The van der Waals surface area contributed by atoms with Gasteiger partial charge in [-0.15, -0.1) is 11.6 Å². The molecule has 0 N–H and O–H groups in total. The van der Waals surface area contributed by atoms with Gasteiger partial charge in [-0.3, -0.25) is 0 Å². The zero-order chi connectivity index (χ0) is 10.6. The molecule has 0 aromatic carbocycles. The van der Waals surface area contributed by atoms with Crippen LogP contribution in [0.2, 0.25) is 0 Å². The van der Waals surface area contributed by atoms with Crippen LogP contribution in [0.15, 0.2) is 11.2 Å². The van der Waals surface area contributed by atoms with Crippen molar-refractivity contribution in [3.63, 3.8) is 0 Å². The van der Waals surface area contributed by atoms with Gasteiger partial charge < -0.3 is 0 Å². The maximum absolute atomic E-state index is 5.67. The minimum Gasteiger partial charge on any atom is -0.228 e. The zero-order valence-corrected chi connectivity index (χ0v) is 10.3. The van der Waals surface area contributed by atoms with Crippen LogP contribution in [0.4, 0.5) is 0 Å². The van der Waals surface area contributed by atoms with Crippen molar-refractivity contribution >= 4 is 23.4 Å². The van der Waals surface area contributed by atoms with Crippen LogP contribution in [0.3, 0.4) is 0 Å². The molecular weight excluding hydrogens is 216 g/mol. The van der Waals surface area contributed by atoms with Crippen LogP contribution in [-0.2, 0) is 0 Å². The third-order valence-electron chi connectivity index (χ3n) is 1.78. The van der Waals surface area contributed by atoms with Crippen molar-refractivity contribution in [1.29, 1.82) is 0 Å². The Bertz CT molecular complexity index is 284. The molecule has 0 amide bonds. The van der Waals surface area contributed by atoms with E-state index in [2.05, 4.69) is 16.9 Å². The number of thioether (sulfide) groups is 1. The first-order valence-electron chi connectivity index (χ1n) is 4.66. The highest BCUT2D eigenvalue weighted by Gasteiger charge is 2.06. The molecule has 1 rings (SSSR count). The molecule has 0 fully saturated rings. The highest BCUT2D eigenvalue weighted by Crippen LogP contribution is 2.22. The summed E-state index contributed by atoms with van der Waals surface area (Å²) in [5, 5.41) is 1.34. The van der Waals surface area contributed by atoms with E-state index in [1.54, 1.807) is 11.8 Å². The molecule has 0 aliphatic heterocycles. The van der Waals surface area contributed by atoms with Gasteiger partial charge in [-0.05, 0) is 26.3 Å². The molecule has 1 aromatic rings. The monoisotopic (exact) mass is 230 g/mol. The lowest BCUT2D eigenvalue weighted by molar-refractivity contribution is 0.868. The van der Waals surface area contributed by atoms with Gasteiger partial charge >= 0.3 is 0 Å². The third kappa shape index (κ3) is 3.84. The molecule has 78 valence electrons. The fraction of sp³-hybridized carbons (Fsp3) is 0.600. The van der Waals surface area contributed by atoms with E-state index in [0.717, 1.165) is 23.0 Å². The highest BCUT2D eigenvalue weighted by molar-refractivity contribution is 7.99. The van der Waals surface area contributed by atoms with Gasteiger partial charge in [-0.2, -0.15) is 0 Å². The minimum absolute atomic E-state index is 0.480. The first kappa shape index (κ1) is 11.8. The van der Waals surface area contributed by atoms with Crippen LogP contribution in [0.1, 0.15) is 24.7 Å². The van der Waals surface area contributed by atoms with Gasteiger partial charge in [0.2, 0.25) is 0 Å². The number of halogens is 1. The Morgan fingerprint density at radius 2 is 1.93 bits per heavy atom. The molecule has 14 heavy (non-hydrogen) atoms.